The number of hydrogen-bond acceptors (Lipinski definition) is 6. The number of nitrogens with one attached hydrogen (secondary N) is 1. The van der Waals surface area contributed by atoms with Gasteiger partial charge in [0.05, 0.1) is 16.8 Å². The fraction of sp³-hybridized carbons (Fsp3) is 0.286. The van der Waals surface area contributed by atoms with Gasteiger partial charge in [0.1, 0.15) is 5.75 Å². The van der Waals surface area contributed by atoms with E-state index < -0.39 is 27.2 Å². The van der Waals surface area contributed by atoms with Crippen molar-refractivity contribution in [2.75, 3.05) is 25.1 Å². The van der Waals surface area contributed by atoms with Crippen molar-refractivity contribution in [3.63, 3.8) is 0 Å². The number of sulfone groups is 1. The molecule has 43 heavy (non-hydrogen) atoms. The normalized spacial score (nSPS) is 12.8. The molecule has 226 valence electrons. The number of aliphatic carboxylic acids is 1. The Balaban J connectivity index is 1.28. The van der Waals surface area contributed by atoms with Crippen LogP contribution in [-0.4, -0.2) is 45.4 Å². The maximum Gasteiger partial charge on any atom is 0.333 e. The standard InChI is InChI=1S/C35H39NO6S/c1-3-41-33(35(37)38)25-28-13-17-31(18-14-28)42-24-22-27-11-15-30(16-12-27)36-23-21-34(29-7-5-4-6-8-29)43(39,40)32-19-9-26(2)10-20-32/h4-20,33-34,36H,3,21-25H2,1-2H3,(H,37,38). The molecule has 0 saturated carbocycles. The molecule has 4 aromatic rings. The molecule has 0 amide bonds. The minimum absolute atomic E-state index is 0.305. The van der Waals surface area contributed by atoms with E-state index in [0.29, 0.717) is 37.5 Å². The summed E-state index contributed by atoms with van der Waals surface area (Å²) >= 11 is 0. The topological polar surface area (TPSA) is 102 Å². The van der Waals surface area contributed by atoms with E-state index in [4.69, 9.17) is 9.47 Å². The number of carboxylic acids is 1. The second-order valence-corrected chi connectivity index (χ2v) is 12.5. The Bertz CT molecular complexity index is 1540. The fourth-order valence-electron chi connectivity index (χ4n) is 4.84. The van der Waals surface area contributed by atoms with Crippen LogP contribution >= 0.6 is 0 Å². The van der Waals surface area contributed by atoms with E-state index >= 15 is 0 Å². The van der Waals surface area contributed by atoms with Crippen molar-refractivity contribution in [2.45, 2.75) is 49.4 Å². The number of carbonyl (C=O) groups is 1. The summed E-state index contributed by atoms with van der Waals surface area (Å²) in [4.78, 5) is 11.6. The number of carboxylic acid groups (broad SMARTS) is 1. The summed E-state index contributed by atoms with van der Waals surface area (Å²) in [5.41, 5.74) is 4.72. The lowest BCUT2D eigenvalue weighted by Gasteiger charge is -2.19. The number of aryl methyl sites for hydroxylation is 1. The molecular weight excluding hydrogens is 562 g/mol. The molecule has 7 nitrogen and oxygen atoms in total. The highest BCUT2D eigenvalue weighted by atomic mass is 32.2. The Kier molecular flexibility index (Phi) is 11.4. The molecule has 0 aliphatic rings. The van der Waals surface area contributed by atoms with Crippen LogP contribution in [0.3, 0.4) is 0 Å². The molecule has 2 N–H and O–H groups in total. The smallest absolute Gasteiger partial charge is 0.333 e. The lowest BCUT2D eigenvalue weighted by molar-refractivity contribution is -0.149. The highest BCUT2D eigenvalue weighted by molar-refractivity contribution is 7.91. The summed E-state index contributed by atoms with van der Waals surface area (Å²) < 4.78 is 38.3. The van der Waals surface area contributed by atoms with Gasteiger partial charge in [0.25, 0.3) is 0 Å². The highest BCUT2D eigenvalue weighted by Gasteiger charge is 2.28. The van der Waals surface area contributed by atoms with E-state index in [0.717, 1.165) is 40.1 Å². The van der Waals surface area contributed by atoms with Gasteiger partial charge in [-0.25, -0.2) is 13.2 Å². The van der Waals surface area contributed by atoms with E-state index in [1.54, 1.807) is 19.1 Å². The summed E-state index contributed by atoms with van der Waals surface area (Å²) in [6.45, 7) is 5.07. The monoisotopic (exact) mass is 601 g/mol. The Labute approximate surface area is 254 Å². The van der Waals surface area contributed by atoms with Gasteiger partial charge in [0.2, 0.25) is 0 Å². The van der Waals surface area contributed by atoms with Crippen molar-refractivity contribution >= 4 is 21.5 Å². The van der Waals surface area contributed by atoms with E-state index in [2.05, 4.69) is 5.32 Å². The number of benzene rings is 4. The lowest BCUT2D eigenvalue weighted by atomic mass is 10.1. The van der Waals surface area contributed by atoms with Gasteiger partial charge >= 0.3 is 5.97 Å². The van der Waals surface area contributed by atoms with Crippen molar-refractivity contribution in [1.82, 2.24) is 0 Å². The number of rotatable bonds is 16. The van der Waals surface area contributed by atoms with E-state index in [-0.39, 0.29) is 0 Å². The first-order valence-electron chi connectivity index (χ1n) is 14.5. The molecule has 0 aliphatic heterocycles. The summed E-state index contributed by atoms with van der Waals surface area (Å²) in [5, 5.41) is 12.0. The average Bonchev–Trinajstić information content (AvgIpc) is 3.01. The minimum atomic E-state index is -3.56. The second kappa shape index (κ2) is 15.4. The van der Waals surface area contributed by atoms with Gasteiger partial charge in [-0.05, 0) is 73.4 Å². The third kappa shape index (κ3) is 9.17. The van der Waals surface area contributed by atoms with Crippen LogP contribution in [0, 0.1) is 6.92 Å². The Morgan fingerprint density at radius 2 is 1.51 bits per heavy atom. The van der Waals surface area contributed by atoms with Crippen LogP contribution in [0.5, 0.6) is 5.75 Å². The zero-order valence-corrected chi connectivity index (χ0v) is 25.4. The molecule has 0 spiro atoms. The molecule has 0 heterocycles. The highest BCUT2D eigenvalue weighted by Crippen LogP contribution is 2.32. The van der Waals surface area contributed by atoms with Gasteiger partial charge in [-0.2, -0.15) is 0 Å². The van der Waals surface area contributed by atoms with Crippen molar-refractivity contribution in [3.05, 3.63) is 125 Å². The van der Waals surface area contributed by atoms with Crippen LogP contribution in [0.25, 0.3) is 0 Å². The molecule has 4 rings (SSSR count). The Morgan fingerprint density at radius 1 is 0.860 bits per heavy atom. The molecule has 0 fully saturated rings. The molecule has 2 atom stereocenters. The predicted molar refractivity (Wildman–Crippen MR) is 169 cm³/mol. The predicted octanol–water partition coefficient (Wildman–Crippen LogP) is 6.67. The molecule has 8 heteroatoms. The third-order valence-electron chi connectivity index (χ3n) is 7.23. The van der Waals surface area contributed by atoms with Gasteiger partial charge in [-0.3, -0.25) is 0 Å². The van der Waals surface area contributed by atoms with Gasteiger partial charge in [-0.1, -0.05) is 72.3 Å². The fourth-order valence-corrected chi connectivity index (χ4v) is 6.63. The summed E-state index contributed by atoms with van der Waals surface area (Å²) in [6.07, 6.45) is 0.598. The van der Waals surface area contributed by atoms with E-state index in [1.165, 1.54) is 0 Å². The first kappa shape index (κ1) is 31.8. The van der Waals surface area contributed by atoms with Crippen LogP contribution in [-0.2, 0) is 32.2 Å². The van der Waals surface area contributed by atoms with E-state index in [9.17, 15) is 18.3 Å². The maximum absolute atomic E-state index is 13.6. The molecule has 0 bridgehead atoms. The van der Waals surface area contributed by atoms with Crippen LogP contribution in [0.15, 0.2) is 108 Å². The molecule has 0 aliphatic carbocycles. The van der Waals surface area contributed by atoms with Crippen LogP contribution in [0.4, 0.5) is 5.69 Å². The van der Waals surface area contributed by atoms with Gasteiger partial charge in [-0.15, -0.1) is 0 Å². The van der Waals surface area contributed by atoms with Crippen molar-refractivity contribution < 1.29 is 27.8 Å². The summed E-state index contributed by atoms with van der Waals surface area (Å²) in [6, 6.07) is 31.9. The van der Waals surface area contributed by atoms with Crippen molar-refractivity contribution in [3.8, 4) is 5.75 Å². The van der Waals surface area contributed by atoms with Gasteiger partial charge in [0, 0.05) is 31.7 Å². The Morgan fingerprint density at radius 3 is 2.14 bits per heavy atom. The van der Waals surface area contributed by atoms with Gasteiger partial charge in [0.15, 0.2) is 15.9 Å². The molecule has 0 saturated heterocycles. The van der Waals surface area contributed by atoms with Crippen LogP contribution < -0.4 is 10.1 Å². The molecule has 0 aromatic heterocycles. The Hall–Kier alpha value is -4.14. The van der Waals surface area contributed by atoms with Crippen molar-refractivity contribution in [2.24, 2.45) is 0 Å². The zero-order valence-electron chi connectivity index (χ0n) is 24.6. The number of ether oxygens (including phenoxy) is 2. The molecule has 0 radical (unpaired) electrons. The van der Waals surface area contributed by atoms with Crippen molar-refractivity contribution in [1.29, 1.82) is 0 Å². The first-order valence-corrected chi connectivity index (χ1v) is 16.1. The zero-order chi connectivity index (χ0) is 30.7. The second-order valence-electron chi connectivity index (χ2n) is 10.4. The number of anilines is 1. The molecule has 4 aromatic carbocycles. The summed E-state index contributed by atoms with van der Waals surface area (Å²) in [5.74, 6) is -0.246. The molecule has 2 unspecified atom stereocenters. The van der Waals surface area contributed by atoms with Gasteiger partial charge < -0.3 is 19.9 Å². The average molecular weight is 602 g/mol. The van der Waals surface area contributed by atoms with Crippen LogP contribution in [0.2, 0.25) is 0 Å². The largest absolute Gasteiger partial charge is 0.493 e. The summed E-state index contributed by atoms with van der Waals surface area (Å²) in [7, 11) is -3.56. The first-order chi connectivity index (χ1) is 20.8. The SMILES string of the molecule is CCOC(Cc1ccc(OCCc2ccc(NCCC(c3ccccc3)S(=O)(=O)c3ccc(C)cc3)cc2)cc1)C(=O)O. The van der Waals surface area contributed by atoms with E-state index in [1.807, 2.05) is 97.9 Å². The number of hydrogen-bond donors (Lipinski definition) is 2. The minimum Gasteiger partial charge on any atom is -0.493 e. The maximum atomic E-state index is 13.6. The lowest BCUT2D eigenvalue weighted by Crippen LogP contribution is -2.26. The third-order valence-corrected chi connectivity index (χ3v) is 9.42. The quantitative estimate of drug-likeness (QED) is 0.148. The molecular formula is C35H39NO6S. The van der Waals surface area contributed by atoms with Crippen LogP contribution in [0.1, 0.15) is 40.8 Å².